The molecule has 0 aliphatic carbocycles. The number of nitrogens with zero attached hydrogens (tertiary/aromatic N) is 3. The molecule has 2 aliphatic rings. The molecule has 4 rings (SSSR count). The van der Waals surface area contributed by atoms with E-state index in [1.54, 1.807) is 0 Å². The van der Waals surface area contributed by atoms with Crippen molar-refractivity contribution in [2.75, 3.05) is 17.3 Å². The Hall–Kier alpha value is -0.680. The molecular weight excluding hydrogens is 286 g/mol. The van der Waals surface area contributed by atoms with Crippen LogP contribution >= 0.6 is 23.5 Å². The van der Waals surface area contributed by atoms with Crippen LogP contribution < -0.4 is 0 Å². The van der Waals surface area contributed by atoms with Crippen LogP contribution in [0.3, 0.4) is 0 Å². The van der Waals surface area contributed by atoms with Crippen LogP contribution in [0.25, 0.3) is 11.2 Å². The van der Waals surface area contributed by atoms with Gasteiger partial charge in [0, 0.05) is 12.2 Å². The number of hydrogen-bond donors (Lipinski definition) is 0. The van der Waals surface area contributed by atoms with E-state index in [1.165, 1.54) is 48.8 Å². The van der Waals surface area contributed by atoms with Crippen LogP contribution in [0.5, 0.6) is 0 Å². The highest BCUT2D eigenvalue weighted by atomic mass is 32.2. The summed E-state index contributed by atoms with van der Waals surface area (Å²) < 4.78 is 2.48. The smallest absolute Gasteiger partial charge is 0.160 e. The van der Waals surface area contributed by atoms with E-state index >= 15 is 0 Å². The topological polar surface area (TPSA) is 30.7 Å². The lowest BCUT2D eigenvalue weighted by molar-refractivity contribution is 0.459. The monoisotopic (exact) mass is 305 g/mol. The molecule has 0 saturated carbocycles. The molecule has 0 spiro atoms. The van der Waals surface area contributed by atoms with E-state index in [0.717, 1.165) is 11.2 Å². The van der Waals surface area contributed by atoms with Gasteiger partial charge >= 0.3 is 0 Å². The maximum atomic E-state index is 4.94. The molecule has 0 radical (unpaired) electrons. The number of rotatable bonds is 2. The molecule has 4 heterocycles. The zero-order valence-corrected chi connectivity index (χ0v) is 13.1. The van der Waals surface area contributed by atoms with Gasteiger partial charge in [0.15, 0.2) is 5.65 Å². The highest BCUT2D eigenvalue weighted by Gasteiger charge is 2.28. The molecule has 2 aromatic rings. The quantitative estimate of drug-likeness (QED) is 0.837. The van der Waals surface area contributed by atoms with Crippen molar-refractivity contribution in [2.24, 2.45) is 0 Å². The van der Waals surface area contributed by atoms with Crippen molar-refractivity contribution in [3.63, 3.8) is 0 Å². The Morgan fingerprint density at radius 1 is 1.15 bits per heavy atom. The van der Waals surface area contributed by atoms with E-state index in [4.69, 9.17) is 4.98 Å². The van der Waals surface area contributed by atoms with Gasteiger partial charge in [0.2, 0.25) is 0 Å². The van der Waals surface area contributed by atoms with Crippen LogP contribution in [0.2, 0.25) is 0 Å². The third-order valence-corrected chi connectivity index (χ3v) is 6.67. The fourth-order valence-electron chi connectivity index (χ4n) is 3.26. The number of thioether (sulfide) groups is 2. The first-order valence-corrected chi connectivity index (χ1v) is 9.66. The lowest BCUT2D eigenvalue weighted by Gasteiger charge is -2.26. The van der Waals surface area contributed by atoms with Crippen LogP contribution in [0.1, 0.15) is 42.8 Å². The molecule has 2 fully saturated rings. The Morgan fingerprint density at radius 2 is 2.05 bits per heavy atom. The second-order valence-corrected chi connectivity index (χ2v) is 8.07. The second-order valence-electron chi connectivity index (χ2n) is 5.53. The van der Waals surface area contributed by atoms with E-state index in [1.807, 2.05) is 12.3 Å². The van der Waals surface area contributed by atoms with Gasteiger partial charge in [0.25, 0.3) is 0 Å². The average molecular weight is 305 g/mol. The van der Waals surface area contributed by atoms with E-state index < -0.39 is 0 Å². The van der Waals surface area contributed by atoms with Gasteiger partial charge in [0.1, 0.15) is 11.3 Å². The molecule has 0 N–H and O–H groups in total. The van der Waals surface area contributed by atoms with Gasteiger partial charge in [0.05, 0.1) is 5.25 Å². The van der Waals surface area contributed by atoms with E-state index in [9.17, 15) is 0 Å². The van der Waals surface area contributed by atoms with Crippen LogP contribution in [-0.2, 0) is 0 Å². The lowest BCUT2D eigenvalue weighted by Crippen LogP contribution is -2.18. The Kier molecular flexibility index (Phi) is 3.65. The maximum Gasteiger partial charge on any atom is 0.160 e. The Bertz CT molecular complexity index is 598. The molecular formula is C15H19N3S2. The molecule has 2 aliphatic heterocycles. The van der Waals surface area contributed by atoms with Crippen LogP contribution in [0.4, 0.5) is 0 Å². The van der Waals surface area contributed by atoms with Gasteiger partial charge in [-0.1, -0.05) is 0 Å². The van der Waals surface area contributed by atoms with Crippen LogP contribution in [0, 0.1) is 0 Å². The van der Waals surface area contributed by atoms with Crippen molar-refractivity contribution in [2.45, 2.75) is 37.0 Å². The summed E-state index contributed by atoms with van der Waals surface area (Å²) >= 11 is 4.15. The molecule has 20 heavy (non-hydrogen) atoms. The second kappa shape index (κ2) is 5.60. The third-order valence-electron chi connectivity index (χ3n) is 4.25. The van der Waals surface area contributed by atoms with Crippen molar-refractivity contribution >= 4 is 34.7 Å². The first-order valence-electron chi connectivity index (χ1n) is 7.45. The summed E-state index contributed by atoms with van der Waals surface area (Å²) in [6, 6.07) is 4.72. The summed E-state index contributed by atoms with van der Waals surface area (Å²) in [5, 5.41) is 0.582. The minimum absolute atomic E-state index is 0.582. The van der Waals surface area contributed by atoms with Crippen molar-refractivity contribution < 1.29 is 0 Å². The van der Waals surface area contributed by atoms with Crippen molar-refractivity contribution in [1.82, 2.24) is 14.5 Å². The standard InChI is InChI=1S/C15H19N3S2/c1-3-12-14(16-7-1)18(11-5-9-19-10-6-11)15(17-12)13-4-2-8-20-13/h1,3,7,11,13H,2,4-6,8-10H2. The number of imidazole rings is 1. The predicted molar refractivity (Wildman–Crippen MR) is 87.6 cm³/mol. The van der Waals surface area contributed by atoms with E-state index in [-0.39, 0.29) is 0 Å². The summed E-state index contributed by atoms with van der Waals surface area (Å²) in [5.41, 5.74) is 2.18. The number of aromatic nitrogens is 3. The molecule has 1 unspecified atom stereocenters. The summed E-state index contributed by atoms with van der Waals surface area (Å²) in [6.07, 6.45) is 7.03. The molecule has 3 nitrogen and oxygen atoms in total. The number of pyridine rings is 1. The number of hydrogen-bond acceptors (Lipinski definition) is 4. The highest BCUT2D eigenvalue weighted by Crippen LogP contribution is 2.42. The van der Waals surface area contributed by atoms with Gasteiger partial charge in [-0.3, -0.25) is 0 Å². The predicted octanol–water partition coefficient (Wildman–Crippen LogP) is 4.07. The Labute approximate surface area is 127 Å². The van der Waals surface area contributed by atoms with E-state index in [2.05, 4.69) is 39.1 Å². The summed E-state index contributed by atoms with van der Waals surface area (Å²) in [4.78, 5) is 9.58. The Morgan fingerprint density at radius 3 is 2.85 bits per heavy atom. The zero-order valence-electron chi connectivity index (χ0n) is 11.5. The Balaban J connectivity index is 1.83. The third kappa shape index (κ3) is 2.25. The molecule has 0 aromatic carbocycles. The summed E-state index contributed by atoms with van der Waals surface area (Å²) in [6.45, 7) is 0. The minimum Gasteiger partial charge on any atom is -0.309 e. The molecule has 106 valence electrons. The average Bonchev–Trinajstić information content (AvgIpc) is 3.15. The number of fused-ring (bicyclic) bond motifs is 1. The molecule has 2 aromatic heterocycles. The van der Waals surface area contributed by atoms with Crippen molar-refractivity contribution in [3.05, 3.63) is 24.2 Å². The van der Waals surface area contributed by atoms with Crippen molar-refractivity contribution in [3.8, 4) is 0 Å². The van der Waals surface area contributed by atoms with Gasteiger partial charge in [-0.2, -0.15) is 23.5 Å². The van der Waals surface area contributed by atoms with E-state index in [0.29, 0.717) is 11.3 Å². The normalized spacial score (nSPS) is 24.5. The van der Waals surface area contributed by atoms with Gasteiger partial charge in [-0.15, -0.1) is 0 Å². The summed E-state index contributed by atoms with van der Waals surface area (Å²) in [7, 11) is 0. The molecule has 0 amide bonds. The highest BCUT2D eigenvalue weighted by molar-refractivity contribution is 7.99. The summed E-state index contributed by atoms with van der Waals surface area (Å²) in [5.74, 6) is 5.11. The lowest BCUT2D eigenvalue weighted by atomic mass is 10.1. The van der Waals surface area contributed by atoms with Crippen LogP contribution in [0.15, 0.2) is 18.3 Å². The molecule has 0 bridgehead atoms. The van der Waals surface area contributed by atoms with Gasteiger partial charge in [-0.05, 0) is 55.1 Å². The molecule has 5 heteroatoms. The largest absolute Gasteiger partial charge is 0.309 e. The van der Waals surface area contributed by atoms with Gasteiger partial charge < -0.3 is 4.57 Å². The molecule has 2 saturated heterocycles. The first kappa shape index (κ1) is 13.0. The van der Waals surface area contributed by atoms with Crippen LogP contribution in [-0.4, -0.2) is 31.8 Å². The fourth-order valence-corrected chi connectivity index (χ4v) is 5.61. The zero-order chi connectivity index (χ0) is 13.4. The maximum absolute atomic E-state index is 4.94. The first-order chi connectivity index (χ1) is 9.93. The SMILES string of the molecule is c1cnc2c(c1)nc(C1CCCS1)n2C1CCSCC1. The fraction of sp³-hybridized carbons (Fsp3) is 0.600. The van der Waals surface area contributed by atoms with Crippen molar-refractivity contribution in [1.29, 1.82) is 0 Å². The van der Waals surface area contributed by atoms with Gasteiger partial charge in [-0.25, -0.2) is 9.97 Å². The molecule has 1 atom stereocenters. The minimum atomic E-state index is 0.582.